The van der Waals surface area contributed by atoms with Crippen LogP contribution in [0.1, 0.15) is 439 Å². The molecule has 0 aromatic carbocycles. The van der Waals surface area contributed by atoms with Gasteiger partial charge in [-0.3, -0.25) is 19.2 Å². The quantitative estimate of drug-likeness (QED) is 0.0251. The molecule has 26 heteroatoms. The Labute approximate surface area is 706 Å². The maximum Gasteiger partial charge on any atom is 0.303 e. The smallest absolute Gasteiger partial charge is 0.303 e. The van der Waals surface area contributed by atoms with Gasteiger partial charge in [0.15, 0.2) is 0 Å². The predicted octanol–water partition coefficient (Wildman–Crippen LogP) is 15.3. The molecule has 0 amide bonds. The number of hydrogen-bond acceptors (Lipinski definition) is 22. The van der Waals surface area contributed by atoms with Crippen molar-refractivity contribution in [1.29, 1.82) is 0 Å². The van der Waals surface area contributed by atoms with Gasteiger partial charge in [-0.05, 0) is 25.7 Å². The molecule has 708 valence electrons. The van der Waals surface area contributed by atoms with Crippen LogP contribution in [-0.2, 0) is 19.2 Å². The minimum Gasteiger partial charge on any atom is -0.481 e. The summed E-state index contributed by atoms with van der Waals surface area (Å²) >= 11 is 0. The molecule has 22 N–H and O–H groups in total. The highest BCUT2D eigenvalue weighted by molar-refractivity contribution is 5.67. The average molecular weight is 1690 g/mol. The molecule has 116 heavy (non-hydrogen) atoms. The molecule has 0 aliphatic rings. The van der Waals surface area contributed by atoms with Crippen LogP contribution in [0.15, 0.2) is 0 Å². The minimum atomic E-state index is -0.954. The van der Waals surface area contributed by atoms with Gasteiger partial charge < -0.3 is 112 Å². The second-order valence-electron chi connectivity index (χ2n) is 30.5. The summed E-state index contributed by atoms with van der Waals surface area (Å²) in [6, 6.07) is 0. The maximum absolute atomic E-state index is 10.3. The van der Waals surface area contributed by atoms with E-state index in [1.54, 1.807) is 0 Å². The Hall–Kier alpha value is -2.84. The fraction of sp³-hybridized carbons (Fsp3) is 0.956. The van der Waals surface area contributed by atoms with E-state index >= 15 is 0 Å². The van der Waals surface area contributed by atoms with Crippen molar-refractivity contribution in [2.75, 3.05) is 79.3 Å². The van der Waals surface area contributed by atoms with Crippen LogP contribution < -0.4 is 0 Å². The number of rotatable bonds is 76. The molecular formula is C90H192O26. The zero-order valence-corrected chi connectivity index (χ0v) is 74.7. The van der Waals surface area contributed by atoms with Crippen molar-refractivity contribution >= 4 is 23.9 Å². The van der Waals surface area contributed by atoms with Crippen LogP contribution in [0, 0.1) is 0 Å². The number of carbonyl (C=O) groups is 4. The van der Waals surface area contributed by atoms with Crippen LogP contribution in [0.5, 0.6) is 0 Å². The first kappa shape index (κ1) is 134. The Bertz CT molecular complexity index is 1420. The van der Waals surface area contributed by atoms with Gasteiger partial charge >= 0.3 is 23.9 Å². The Kier molecular flexibility index (Phi) is 150. The largest absolute Gasteiger partial charge is 0.481 e. The number of aliphatic hydroxyl groups excluding tert-OH is 18. The van der Waals surface area contributed by atoms with Crippen molar-refractivity contribution in [3.8, 4) is 0 Å². The first-order valence-corrected chi connectivity index (χ1v) is 46.2. The molecule has 0 unspecified atom stereocenters. The molecule has 0 saturated heterocycles. The molecular weight excluding hydrogens is 1500 g/mol. The monoisotopic (exact) mass is 1690 g/mol. The third-order valence-electron chi connectivity index (χ3n) is 18.5. The van der Waals surface area contributed by atoms with Gasteiger partial charge in [0.2, 0.25) is 0 Å². The second-order valence-corrected chi connectivity index (χ2v) is 30.5. The summed E-state index contributed by atoms with van der Waals surface area (Å²) in [5.74, 6) is -2.61. The summed E-state index contributed by atoms with van der Waals surface area (Å²) < 4.78 is 0. The molecule has 0 fully saturated rings. The van der Waals surface area contributed by atoms with E-state index in [0.717, 1.165) is 51.4 Å². The molecule has 0 atom stereocenters. The molecule has 0 aliphatic heterocycles. The van der Waals surface area contributed by atoms with Crippen LogP contribution >= 0.6 is 0 Å². The van der Waals surface area contributed by atoms with Gasteiger partial charge in [0.1, 0.15) is 36.6 Å². The molecule has 0 saturated carbocycles. The average Bonchev–Trinajstić information content (AvgIpc) is 1.36. The number of aliphatic hydroxyl groups is 18. The van der Waals surface area contributed by atoms with Gasteiger partial charge in [-0.2, -0.15) is 0 Å². The van der Waals surface area contributed by atoms with E-state index < -0.39 is 60.5 Å². The van der Waals surface area contributed by atoms with Gasteiger partial charge in [0.05, 0.1) is 79.3 Å². The lowest BCUT2D eigenvalue weighted by atomic mass is 10.0. The molecule has 0 radical (unpaired) electrons. The SMILES string of the molecule is CCCCCCCCCCCCCCCCCC(=O)O.CCCCCCCCCCCCCCCCCC(=O)O.CCCCCCCCCCCCCCCCCC(=O)O.CCCCCCCCCCCCCCCCCC(=O)O.OCC(O)CO.OCC(O)CO.OCC(O)CO.OCC(O)CO.OCC(O)CO.OCC(O)CO. The van der Waals surface area contributed by atoms with Crippen LogP contribution in [0.4, 0.5) is 0 Å². The molecule has 0 aromatic rings. The maximum atomic E-state index is 10.3. The summed E-state index contributed by atoms with van der Waals surface area (Å²) in [5.41, 5.74) is 0. The van der Waals surface area contributed by atoms with Gasteiger partial charge in [-0.1, -0.05) is 387 Å². The van der Waals surface area contributed by atoms with Gasteiger partial charge in [0.25, 0.3) is 0 Å². The highest BCUT2D eigenvalue weighted by Crippen LogP contribution is 2.19. The zero-order valence-electron chi connectivity index (χ0n) is 74.7. The van der Waals surface area contributed by atoms with Crippen LogP contribution in [0.25, 0.3) is 0 Å². The molecule has 0 rings (SSSR count). The van der Waals surface area contributed by atoms with Crippen LogP contribution in [0.3, 0.4) is 0 Å². The highest BCUT2D eigenvalue weighted by atomic mass is 16.4. The predicted molar refractivity (Wildman–Crippen MR) is 470 cm³/mol. The van der Waals surface area contributed by atoms with E-state index in [2.05, 4.69) is 27.7 Å². The Morgan fingerprint density at radius 1 is 0.147 bits per heavy atom. The minimum absolute atomic E-state index is 0.345. The van der Waals surface area contributed by atoms with Gasteiger partial charge in [0, 0.05) is 25.7 Å². The van der Waals surface area contributed by atoms with Crippen LogP contribution in [-0.4, -0.2) is 252 Å². The summed E-state index contributed by atoms with van der Waals surface area (Å²) in [5, 5.41) is 178. The van der Waals surface area contributed by atoms with Crippen molar-refractivity contribution in [3.63, 3.8) is 0 Å². The van der Waals surface area contributed by atoms with Crippen molar-refractivity contribution in [3.05, 3.63) is 0 Å². The van der Waals surface area contributed by atoms with E-state index in [1.165, 1.54) is 334 Å². The van der Waals surface area contributed by atoms with E-state index in [9.17, 15) is 19.2 Å². The zero-order chi connectivity index (χ0) is 89.5. The molecule has 0 aliphatic carbocycles. The van der Waals surface area contributed by atoms with Crippen molar-refractivity contribution in [2.24, 2.45) is 0 Å². The van der Waals surface area contributed by atoms with Crippen molar-refractivity contribution in [2.45, 2.75) is 475 Å². The lowest BCUT2D eigenvalue weighted by Crippen LogP contribution is -2.15. The molecule has 0 heterocycles. The van der Waals surface area contributed by atoms with Crippen molar-refractivity contribution < 1.29 is 132 Å². The third kappa shape index (κ3) is 170. The lowest BCUT2D eigenvalue weighted by molar-refractivity contribution is -0.138. The molecule has 0 bridgehead atoms. The number of carboxylic acid groups (broad SMARTS) is 4. The standard InChI is InChI=1S/4C18H36O2.6C3H8O3/c4*1-2-3-4-5-6-7-8-9-10-11-12-13-14-15-16-17-18(19)20;6*4-1-3(6)2-5/h4*2-17H2,1H3,(H,19,20);6*3-6H,1-2H2. The Morgan fingerprint density at radius 2 is 0.216 bits per heavy atom. The number of unbranched alkanes of at least 4 members (excludes halogenated alkanes) is 56. The highest BCUT2D eigenvalue weighted by Gasteiger charge is 2.04. The van der Waals surface area contributed by atoms with Crippen LogP contribution in [0.2, 0.25) is 0 Å². The fourth-order valence-electron chi connectivity index (χ4n) is 10.9. The second kappa shape index (κ2) is 130. The summed E-state index contributed by atoms with van der Waals surface area (Å²) in [6.07, 6.45) is 75.1. The van der Waals surface area contributed by atoms with Gasteiger partial charge in [-0.15, -0.1) is 0 Å². The number of hydrogen-bond donors (Lipinski definition) is 22. The van der Waals surface area contributed by atoms with E-state index in [1.807, 2.05) is 0 Å². The number of carboxylic acids is 4. The van der Waals surface area contributed by atoms with E-state index in [0.29, 0.717) is 25.7 Å². The number of aliphatic carboxylic acids is 4. The third-order valence-corrected chi connectivity index (χ3v) is 18.5. The fourth-order valence-corrected chi connectivity index (χ4v) is 10.9. The summed E-state index contributed by atoms with van der Waals surface area (Å²) in [7, 11) is 0. The van der Waals surface area contributed by atoms with Crippen molar-refractivity contribution in [1.82, 2.24) is 0 Å². The van der Waals surface area contributed by atoms with E-state index in [-0.39, 0.29) is 79.3 Å². The topological polar surface area (TPSA) is 513 Å². The molecule has 0 aromatic heterocycles. The Morgan fingerprint density at radius 3 is 0.267 bits per heavy atom. The molecule has 0 spiro atoms. The molecule has 26 nitrogen and oxygen atoms in total. The normalized spacial score (nSPS) is 10.6. The summed E-state index contributed by atoms with van der Waals surface area (Å²) in [6.45, 7) is 4.71. The van der Waals surface area contributed by atoms with Gasteiger partial charge in [-0.25, -0.2) is 0 Å². The lowest BCUT2D eigenvalue weighted by Gasteiger charge is -2.03. The summed E-state index contributed by atoms with van der Waals surface area (Å²) in [4.78, 5) is 41.3. The first-order valence-electron chi connectivity index (χ1n) is 46.2. The van der Waals surface area contributed by atoms with E-state index in [4.69, 9.17) is 112 Å². The Balaban J connectivity index is -0.000000141. The first-order chi connectivity index (χ1) is 55.9.